The number of carboxylic acids is 1. The Morgan fingerprint density at radius 1 is 1.11 bits per heavy atom. The zero-order valence-electron chi connectivity index (χ0n) is 24.8. The highest BCUT2D eigenvalue weighted by atomic mass is 32.1. The van der Waals surface area contributed by atoms with Gasteiger partial charge in [0, 0.05) is 49.2 Å². The van der Waals surface area contributed by atoms with Crippen LogP contribution in [0, 0.1) is 6.92 Å². The molecule has 0 spiro atoms. The van der Waals surface area contributed by atoms with Crippen molar-refractivity contribution in [1.29, 1.82) is 0 Å². The van der Waals surface area contributed by atoms with Crippen molar-refractivity contribution >= 4 is 28.9 Å². The topological polar surface area (TPSA) is 112 Å². The number of ketones is 1. The van der Waals surface area contributed by atoms with Crippen molar-refractivity contribution in [3.63, 3.8) is 0 Å². The number of anilines is 1. The molecule has 1 unspecified atom stereocenters. The summed E-state index contributed by atoms with van der Waals surface area (Å²) in [5.74, 6) is -0.827. The van der Waals surface area contributed by atoms with Gasteiger partial charge < -0.3 is 14.7 Å². The smallest absolute Gasteiger partial charge is 0.480 e. The number of halogens is 3. The number of aryl methyl sites for hydroxylation is 1. The van der Waals surface area contributed by atoms with Gasteiger partial charge in [0.25, 0.3) is 0 Å². The summed E-state index contributed by atoms with van der Waals surface area (Å²) in [4.78, 5) is 45.2. The van der Waals surface area contributed by atoms with E-state index in [1.54, 1.807) is 26.1 Å². The summed E-state index contributed by atoms with van der Waals surface area (Å²) in [6.45, 7) is 9.35. The molecular formula is C30H35F3N6O4S. The summed E-state index contributed by atoms with van der Waals surface area (Å²) >= 11 is 1.38. The molecule has 5 rings (SSSR count). The van der Waals surface area contributed by atoms with Crippen molar-refractivity contribution in [3.8, 4) is 17.0 Å². The van der Waals surface area contributed by atoms with Crippen LogP contribution in [0.5, 0.6) is 5.75 Å². The van der Waals surface area contributed by atoms with E-state index in [9.17, 15) is 27.9 Å². The molecule has 10 nitrogen and oxygen atoms in total. The highest BCUT2D eigenvalue weighted by Gasteiger charge is 2.32. The van der Waals surface area contributed by atoms with Gasteiger partial charge in [-0.05, 0) is 63.9 Å². The highest BCUT2D eigenvalue weighted by molar-refractivity contribution is 7.12. The quantitative estimate of drug-likeness (QED) is 0.313. The summed E-state index contributed by atoms with van der Waals surface area (Å²) in [7, 11) is 0. The van der Waals surface area contributed by atoms with E-state index < -0.39 is 18.4 Å². The number of carbonyl (C=O) groups is 2. The number of carboxylic acid groups (broad SMARTS) is 1. The molecule has 2 atom stereocenters. The molecule has 3 aromatic rings. The third-order valence-corrected chi connectivity index (χ3v) is 9.16. The van der Waals surface area contributed by atoms with E-state index in [0.29, 0.717) is 66.4 Å². The lowest BCUT2D eigenvalue weighted by molar-refractivity contribution is -0.274. The molecule has 0 bridgehead atoms. The number of hydrogen-bond donors (Lipinski definition) is 1. The van der Waals surface area contributed by atoms with Gasteiger partial charge in [-0.25, -0.2) is 15.0 Å². The number of rotatable bonds is 10. The largest absolute Gasteiger partial charge is 0.573 e. The molecule has 0 radical (unpaired) electrons. The van der Waals surface area contributed by atoms with Crippen LogP contribution in [-0.4, -0.2) is 92.8 Å². The maximum atomic E-state index is 13.2. The number of ether oxygens (including phenoxy) is 1. The first-order chi connectivity index (χ1) is 20.9. The molecule has 2 aliphatic heterocycles. The average Bonchev–Trinajstić information content (AvgIpc) is 3.56. The zero-order chi connectivity index (χ0) is 31.6. The molecule has 14 heteroatoms. The second kappa shape index (κ2) is 13.2. The minimum Gasteiger partial charge on any atom is -0.480 e. The molecule has 1 N–H and O–H groups in total. The maximum Gasteiger partial charge on any atom is 0.573 e. The zero-order valence-corrected chi connectivity index (χ0v) is 25.6. The Bertz CT molecular complexity index is 1490. The summed E-state index contributed by atoms with van der Waals surface area (Å²) in [5, 5.41) is 9.80. The lowest BCUT2D eigenvalue weighted by Gasteiger charge is -2.36. The van der Waals surface area contributed by atoms with Crippen molar-refractivity contribution in [3.05, 3.63) is 51.7 Å². The fourth-order valence-electron chi connectivity index (χ4n) is 5.65. The lowest BCUT2D eigenvalue weighted by Crippen LogP contribution is -2.52. The Kier molecular flexibility index (Phi) is 9.51. The number of aliphatic carboxylic acids is 1. The van der Waals surface area contributed by atoms with Crippen LogP contribution in [-0.2, 0) is 17.8 Å². The lowest BCUT2D eigenvalue weighted by atomic mass is 10.1. The molecule has 0 saturated carbocycles. The Morgan fingerprint density at radius 2 is 1.86 bits per heavy atom. The van der Waals surface area contributed by atoms with Gasteiger partial charge in [0.2, 0.25) is 0 Å². The molecule has 2 aliphatic rings. The third kappa shape index (κ3) is 7.71. The van der Waals surface area contributed by atoms with Crippen LogP contribution in [0.4, 0.5) is 19.0 Å². The predicted molar refractivity (Wildman–Crippen MR) is 159 cm³/mol. The second-order valence-corrected chi connectivity index (χ2v) is 12.5. The standard InChI is InChI=1S/C30H35F3N6O4S/c1-18-11-21(13-22(12-18)43-30(31,32)33)28-25(17-39-6-4-5-19(39)2)44-27(36-28)14-24(40)23-15-35-26(16-34-23)38-9-7-37(8-10-38)20(3)29(41)42/h11-13,15-16,19-20H,4-10,14,17H2,1-3H3,(H,41,42)/t19-,20?/m1/s1. The van der Waals surface area contributed by atoms with Gasteiger partial charge in [-0.15, -0.1) is 24.5 Å². The van der Waals surface area contributed by atoms with Crippen LogP contribution < -0.4 is 9.64 Å². The fourth-order valence-corrected chi connectivity index (χ4v) is 6.76. The first-order valence-electron chi connectivity index (χ1n) is 14.5. The summed E-state index contributed by atoms with van der Waals surface area (Å²) < 4.78 is 43.2. The Morgan fingerprint density at radius 3 is 2.48 bits per heavy atom. The number of hydrogen-bond acceptors (Lipinski definition) is 10. The summed E-state index contributed by atoms with van der Waals surface area (Å²) in [5.41, 5.74) is 1.84. The number of Topliss-reactive ketones (excluding diaryl/α,β-unsaturated/α-hetero) is 1. The van der Waals surface area contributed by atoms with Crippen LogP contribution in [0.2, 0.25) is 0 Å². The van der Waals surface area contributed by atoms with Crippen LogP contribution in [0.3, 0.4) is 0 Å². The number of thiazole rings is 1. The van der Waals surface area contributed by atoms with E-state index in [4.69, 9.17) is 4.98 Å². The molecule has 2 fully saturated rings. The Hall–Kier alpha value is -3.62. The SMILES string of the molecule is Cc1cc(OC(F)(F)F)cc(-c2nc(CC(=O)c3cnc(N4CCN(C(C)C(=O)O)CC4)cn3)sc2CN2CCC[C@H]2C)c1. The normalized spacial score (nSPS) is 18.9. The van der Waals surface area contributed by atoms with Crippen molar-refractivity contribution in [1.82, 2.24) is 24.8 Å². The van der Waals surface area contributed by atoms with Gasteiger partial charge in [-0.1, -0.05) is 0 Å². The maximum absolute atomic E-state index is 13.2. The predicted octanol–water partition coefficient (Wildman–Crippen LogP) is 4.81. The minimum atomic E-state index is -4.82. The van der Waals surface area contributed by atoms with E-state index in [1.807, 2.05) is 9.80 Å². The molecule has 2 saturated heterocycles. The molecule has 44 heavy (non-hydrogen) atoms. The fraction of sp³-hybridized carbons (Fsp3) is 0.500. The first kappa shape index (κ1) is 31.8. The van der Waals surface area contributed by atoms with Crippen molar-refractivity contribution in [2.24, 2.45) is 0 Å². The first-order valence-corrected chi connectivity index (χ1v) is 15.4. The number of carbonyl (C=O) groups excluding carboxylic acids is 1. The van der Waals surface area contributed by atoms with E-state index in [1.165, 1.54) is 29.7 Å². The van der Waals surface area contributed by atoms with Crippen LogP contribution in [0.1, 0.15) is 52.6 Å². The number of aromatic nitrogens is 3. The Balaban J connectivity index is 1.32. The molecule has 236 valence electrons. The molecule has 2 aromatic heterocycles. The van der Waals surface area contributed by atoms with Crippen molar-refractivity contribution in [2.75, 3.05) is 37.6 Å². The second-order valence-electron chi connectivity index (χ2n) is 11.3. The van der Waals surface area contributed by atoms with E-state index in [2.05, 4.69) is 26.5 Å². The van der Waals surface area contributed by atoms with Gasteiger partial charge >= 0.3 is 12.3 Å². The molecule has 0 aliphatic carbocycles. The minimum absolute atomic E-state index is 0.0231. The van der Waals surface area contributed by atoms with Crippen molar-refractivity contribution in [2.45, 2.75) is 65.0 Å². The van der Waals surface area contributed by atoms with E-state index in [0.717, 1.165) is 24.3 Å². The highest BCUT2D eigenvalue weighted by Crippen LogP contribution is 2.35. The van der Waals surface area contributed by atoms with E-state index >= 15 is 0 Å². The van der Waals surface area contributed by atoms with Crippen LogP contribution >= 0.6 is 11.3 Å². The monoisotopic (exact) mass is 632 g/mol. The number of likely N-dealkylation sites (tertiary alicyclic amines) is 1. The van der Waals surface area contributed by atoms with Crippen molar-refractivity contribution < 1.29 is 32.6 Å². The van der Waals surface area contributed by atoms with Gasteiger partial charge in [-0.3, -0.25) is 19.4 Å². The molecule has 1 aromatic carbocycles. The molecular weight excluding hydrogens is 597 g/mol. The molecule has 4 heterocycles. The number of piperazine rings is 1. The number of nitrogens with zero attached hydrogens (tertiary/aromatic N) is 6. The number of benzene rings is 1. The third-order valence-electron chi connectivity index (χ3n) is 8.12. The molecule has 0 amide bonds. The van der Waals surface area contributed by atoms with Gasteiger partial charge in [0.1, 0.15) is 28.3 Å². The number of alkyl halides is 3. The summed E-state index contributed by atoms with van der Waals surface area (Å²) in [6.07, 6.45) is 0.283. The van der Waals surface area contributed by atoms with Crippen LogP contribution in [0.15, 0.2) is 30.6 Å². The summed E-state index contributed by atoms with van der Waals surface area (Å²) in [6, 6.07) is 4.25. The van der Waals surface area contributed by atoms with Crippen LogP contribution in [0.25, 0.3) is 11.3 Å². The average molecular weight is 633 g/mol. The van der Waals surface area contributed by atoms with Gasteiger partial charge in [0.15, 0.2) is 5.78 Å². The van der Waals surface area contributed by atoms with Gasteiger partial charge in [-0.2, -0.15) is 0 Å². The van der Waals surface area contributed by atoms with E-state index in [-0.39, 0.29) is 23.6 Å². The Labute approximate surface area is 257 Å². The van der Waals surface area contributed by atoms with Gasteiger partial charge in [0.05, 0.1) is 24.5 Å².